The fourth-order valence-corrected chi connectivity index (χ4v) is 0.443. The predicted molar refractivity (Wildman–Crippen MR) is 28.8 cm³/mol. The lowest BCUT2D eigenvalue weighted by Crippen LogP contribution is -2.37. The normalized spacial score (nSPS) is 9.33. The Morgan fingerprint density at radius 1 is 1.33 bits per heavy atom. The van der Waals surface area contributed by atoms with Gasteiger partial charge in [-0.15, -0.1) is 0 Å². The third kappa shape index (κ3) is 0.987. The third-order valence-corrected chi connectivity index (χ3v) is 0.863. The second-order valence-corrected chi connectivity index (χ2v) is 1.54. The van der Waals surface area contributed by atoms with E-state index in [1.54, 1.807) is 0 Å². The largest absolute Gasteiger partial charge is 0.710 e. The molecule has 2 N–H and O–H groups in total. The van der Waals surface area contributed by atoms with Crippen molar-refractivity contribution in [2.24, 2.45) is 0 Å². The number of nitrogens with two attached hydrogens (primary N) is 1. The van der Waals surface area contributed by atoms with E-state index in [4.69, 9.17) is 5.73 Å². The lowest BCUT2D eigenvalue weighted by molar-refractivity contribution is -0.654. The maximum atomic E-state index is 10.4. The molecule has 0 atom stereocenters. The molecule has 0 aliphatic heterocycles. The van der Waals surface area contributed by atoms with Crippen molar-refractivity contribution in [3.8, 4) is 0 Å². The Hall–Kier alpha value is -1.52. The highest BCUT2D eigenvalue weighted by Gasteiger charge is 1.98. The lowest BCUT2D eigenvalue weighted by Gasteiger charge is -2.01. The van der Waals surface area contributed by atoms with Crippen LogP contribution < -0.4 is 15.2 Å². The molecule has 0 saturated carbocycles. The van der Waals surface area contributed by atoms with Gasteiger partial charge in [0.05, 0.1) is 0 Å². The standard InChI is InChI=1S/C4H5N3O2/c5-4-3-6(8)1-2-7(4)9/h1-3H,5H2. The van der Waals surface area contributed by atoms with E-state index in [1.165, 1.54) is 0 Å². The molecule has 0 spiro atoms. The van der Waals surface area contributed by atoms with Crippen molar-refractivity contribution < 1.29 is 9.46 Å². The minimum absolute atomic E-state index is 0.104. The lowest BCUT2D eigenvalue weighted by atomic mass is 10.7. The Bertz CT molecular complexity index is 225. The molecule has 0 radical (unpaired) electrons. The van der Waals surface area contributed by atoms with Gasteiger partial charge < -0.3 is 10.4 Å². The van der Waals surface area contributed by atoms with Crippen LogP contribution in [0.15, 0.2) is 18.6 Å². The van der Waals surface area contributed by atoms with E-state index in [1.807, 2.05) is 0 Å². The smallest absolute Gasteiger partial charge is 0.342 e. The van der Waals surface area contributed by atoms with E-state index in [9.17, 15) is 10.4 Å². The number of aromatic nitrogens is 2. The van der Waals surface area contributed by atoms with Gasteiger partial charge in [-0.1, -0.05) is 0 Å². The van der Waals surface area contributed by atoms with Gasteiger partial charge in [-0.2, -0.15) is 4.73 Å². The molecule has 0 aliphatic carbocycles. The molecule has 0 amide bonds. The van der Waals surface area contributed by atoms with E-state index in [0.29, 0.717) is 9.46 Å². The molecule has 9 heavy (non-hydrogen) atoms. The van der Waals surface area contributed by atoms with Gasteiger partial charge in [-0.3, -0.25) is 5.73 Å². The molecule has 0 aliphatic rings. The highest BCUT2D eigenvalue weighted by Crippen LogP contribution is 1.80. The molecular weight excluding hydrogens is 122 g/mol. The summed E-state index contributed by atoms with van der Waals surface area (Å²) in [5.74, 6) is -0.104. The number of rotatable bonds is 0. The number of hydrogen-bond acceptors (Lipinski definition) is 3. The number of anilines is 1. The van der Waals surface area contributed by atoms with Crippen LogP contribution in [0.1, 0.15) is 0 Å². The van der Waals surface area contributed by atoms with Crippen LogP contribution in [0, 0.1) is 10.4 Å². The number of nitrogen functional groups attached to an aromatic ring is 1. The summed E-state index contributed by atoms with van der Waals surface area (Å²) in [4.78, 5) is 0. The third-order valence-electron chi connectivity index (χ3n) is 0.863. The molecule has 0 saturated heterocycles. The van der Waals surface area contributed by atoms with Crippen LogP contribution >= 0.6 is 0 Å². The summed E-state index contributed by atoms with van der Waals surface area (Å²) in [5, 5.41) is 20.7. The van der Waals surface area contributed by atoms with Gasteiger partial charge in [0.15, 0.2) is 6.20 Å². The molecule has 1 heterocycles. The first-order valence-electron chi connectivity index (χ1n) is 2.27. The van der Waals surface area contributed by atoms with Gasteiger partial charge in [0, 0.05) is 0 Å². The van der Waals surface area contributed by atoms with Gasteiger partial charge in [0.25, 0.3) is 6.20 Å². The molecular formula is C4H5N3O2. The Morgan fingerprint density at radius 2 is 2.00 bits per heavy atom. The Kier molecular flexibility index (Phi) is 1.11. The van der Waals surface area contributed by atoms with Gasteiger partial charge in [-0.05, 0) is 0 Å². The minimum atomic E-state index is -0.104. The molecule has 1 aromatic heterocycles. The summed E-state index contributed by atoms with van der Waals surface area (Å²) < 4.78 is 0.873. The van der Waals surface area contributed by atoms with Crippen LogP contribution in [0.4, 0.5) is 5.82 Å². The van der Waals surface area contributed by atoms with Crippen LogP contribution in [0.3, 0.4) is 0 Å². The summed E-state index contributed by atoms with van der Waals surface area (Å²) in [6.45, 7) is 0. The molecule has 48 valence electrons. The van der Waals surface area contributed by atoms with E-state index < -0.39 is 0 Å². The van der Waals surface area contributed by atoms with Crippen LogP contribution in [-0.4, -0.2) is 0 Å². The maximum Gasteiger partial charge on any atom is 0.342 e. The van der Waals surface area contributed by atoms with Gasteiger partial charge in [-0.25, -0.2) is 4.73 Å². The zero-order valence-corrected chi connectivity index (χ0v) is 4.52. The molecule has 0 fully saturated rings. The van der Waals surface area contributed by atoms with Crippen LogP contribution in [0.25, 0.3) is 0 Å². The second-order valence-electron chi connectivity index (χ2n) is 1.54. The first-order valence-corrected chi connectivity index (χ1v) is 2.27. The summed E-state index contributed by atoms with van der Waals surface area (Å²) in [5.41, 5.74) is 5.05. The van der Waals surface area contributed by atoms with Crippen molar-refractivity contribution in [3.05, 3.63) is 29.0 Å². The summed E-state index contributed by atoms with van der Waals surface area (Å²) in [6, 6.07) is 0. The monoisotopic (exact) mass is 127 g/mol. The highest BCUT2D eigenvalue weighted by molar-refractivity contribution is 5.10. The zero-order valence-electron chi connectivity index (χ0n) is 4.52. The first-order chi connectivity index (χ1) is 4.20. The molecule has 5 nitrogen and oxygen atoms in total. The predicted octanol–water partition coefficient (Wildman–Crippen LogP) is -1.46. The SMILES string of the molecule is Nc1c[n+]([O-])cc[n+]1[O-]. The molecule has 0 unspecified atom stereocenters. The Balaban J connectivity index is 3.17. The van der Waals surface area contributed by atoms with Crippen LogP contribution in [0.5, 0.6) is 0 Å². The molecule has 5 heteroatoms. The van der Waals surface area contributed by atoms with Gasteiger partial charge in [0.1, 0.15) is 0 Å². The summed E-state index contributed by atoms with van der Waals surface area (Å²) in [6.07, 6.45) is 3.11. The van der Waals surface area contributed by atoms with Crippen molar-refractivity contribution in [2.45, 2.75) is 0 Å². The molecule has 0 aromatic carbocycles. The average molecular weight is 127 g/mol. The van der Waals surface area contributed by atoms with Crippen LogP contribution in [-0.2, 0) is 0 Å². The van der Waals surface area contributed by atoms with Crippen LogP contribution in [0.2, 0.25) is 0 Å². The molecule has 1 rings (SSSR count). The zero-order chi connectivity index (χ0) is 6.85. The first kappa shape index (κ1) is 5.61. The van der Waals surface area contributed by atoms with Crippen molar-refractivity contribution in [3.63, 3.8) is 0 Å². The Morgan fingerprint density at radius 3 is 2.44 bits per heavy atom. The van der Waals surface area contributed by atoms with E-state index in [2.05, 4.69) is 0 Å². The van der Waals surface area contributed by atoms with E-state index in [-0.39, 0.29) is 5.82 Å². The van der Waals surface area contributed by atoms with Crippen molar-refractivity contribution in [1.82, 2.24) is 0 Å². The Labute approximate surface area is 51.1 Å². The average Bonchev–Trinajstić information content (AvgIpc) is 1.80. The summed E-state index contributed by atoms with van der Waals surface area (Å²) >= 11 is 0. The topological polar surface area (TPSA) is 79.9 Å². The van der Waals surface area contributed by atoms with Crippen molar-refractivity contribution in [1.29, 1.82) is 0 Å². The van der Waals surface area contributed by atoms with Gasteiger partial charge >= 0.3 is 5.82 Å². The van der Waals surface area contributed by atoms with E-state index >= 15 is 0 Å². The number of hydrogen-bond donors (Lipinski definition) is 1. The quantitative estimate of drug-likeness (QED) is 0.341. The molecule has 0 bridgehead atoms. The van der Waals surface area contributed by atoms with Crippen molar-refractivity contribution in [2.75, 3.05) is 5.73 Å². The fourth-order valence-electron chi connectivity index (χ4n) is 0.443. The fraction of sp³-hybridized carbons (Fsp3) is 0. The second kappa shape index (κ2) is 1.77. The van der Waals surface area contributed by atoms with Gasteiger partial charge in [0.2, 0.25) is 6.20 Å². The molecule has 1 aromatic rings. The van der Waals surface area contributed by atoms with E-state index in [0.717, 1.165) is 18.6 Å². The maximum absolute atomic E-state index is 10.4. The minimum Gasteiger partial charge on any atom is -0.710 e. The van der Waals surface area contributed by atoms with Crippen molar-refractivity contribution >= 4 is 5.82 Å². The highest BCUT2D eigenvalue weighted by atomic mass is 16.5. The number of nitrogens with zero attached hydrogens (tertiary/aromatic N) is 2. The summed E-state index contributed by atoms with van der Waals surface area (Å²) in [7, 11) is 0.